The van der Waals surface area contributed by atoms with Crippen LogP contribution < -0.4 is 10.6 Å². The van der Waals surface area contributed by atoms with Crippen LogP contribution in [0.3, 0.4) is 0 Å². The van der Waals surface area contributed by atoms with Crippen LogP contribution in [0.2, 0.25) is 0 Å². The van der Waals surface area contributed by atoms with Gasteiger partial charge in [0.15, 0.2) is 5.69 Å². The first-order valence-corrected chi connectivity index (χ1v) is 13.9. The summed E-state index contributed by atoms with van der Waals surface area (Å²) in [5.41, 5.74) is 0.320. The van der Waals surface area contributed by atoms with Gasteiger partial charge in [-0.3, -0.25) is 4.79 Å². The van der Waals surface area contributed by atoms with Crippen molar-refractivity contribution in [3.05, 3.63) is 17.5 Å². The number of nitrogens with zero attached hydrogens (tertiary/aromatic N) is 2. The van der Waals surface area contributed by atoms with Crippen LogP contribution in [0.5, 0.6) is 0 Å². The molecule has 1 aromatic heterocycles. The Labute approximate surface area is 191 Å². The molecule has 0 unspecified atom stereocenters. The van der Waals surface area contributed by atoms with E-state index < -0.39 is 10.0 Å². The lowest BCUT2D eigenvalue weighted by Crippen LogP contribution is -2.48. The van der Waals surface area contributed by atoms with Gasteiger partial charge in [0.25, 0.3) is 5.91 Å². The van der Waals surface area contributed by atoms with E-state index in [1.165, 1.54) is 0 Å². The molecule has 1 amide bonds. The average molecular weight is 467 g/mol. The molecule has 180 valence electrons. The van der Waals surface area contributed by atoms with Crippen molar-refractivity contribution < 1.29 is 17.7 Å². The maximum Gasteiger partial charge on any atom is 0.273 e. The van der Waals surface area contributed by atoms with Gasteiger partial charge in [0, 0.05) is 37.2 Å². The number of aromatic nitrogens is 1. The van der Waals surface area contributed by atoms with Crippen LogP contribution in [0, 0.1) is 11.8 Å². The molecule has 3 fully saturated rings. The zero-order valence-corrected chi connectivity index (χ0v) is 20.2. The summed E-state index contributed by atoms with van der Waals surface area (Å²) < 4.78 is 32.8. The minimum Gasteiger partial charge on any atom is -0.360 e. The summed E-state index contributed by atoms with van der Waals surface area (Å²) >= 11 is 0. The van der Waals surface area contributed by atoms with Gasteiger partial charge in [-0.25, -0.2) is 12.7 Å². The molecule has 0 radical (unpaired) electrons. The number of carbonyl (C=O) groups excluding carboxylic acids is 1. The smallest absolute Gasteiger partial charge is 0.273 e. The molecular weight excluding hydrogens is 428 g/mol. The van der Waals surface area contributed by atoms with Crippen molar-refractivity contribution in [2.24, 2.45) is 11.8 Å². The van der Waals surface area contributed by atoms with Crippen molar-refractivity contribution in [2.45, 2.75) is 83.2 Å². The summed E-state index contributed by atoms with van der Waals surface area (Å²) in [6.07, 6.45) is 7.52. The second kappa shape index (κ2) is 10.2. The third-order valence-corrected chi connectivity index (χ3v) is 9.08. The van der Waals surface area contributed by atoms with E-state index >= 15 is 0 Å². The Morgan fingerprint density at radius 3 is 2.41 bits per heavy atom. The van der Waals surface area contributed by atoms with Crippen LogP contribution in [-0.2, 0) is 10.0 Å². The Morgan fingerprint density at radius 2 is 1.78 bits per heavy atom. The Hall–Kier alpha value is -1.45. The second-order valence-corrected chi connectivity index (χ2v) is 12.3. The van der Waals surface area contributed by atoms with Crippen molar-refractivity contribution in [3.8, 4) is 0 Å². The van der Waals surface area contributed by atoms with Crippen LogP contribution >= 0.6 is 0 Å². The molecule has 0 atom stereocenters. The van der Waals surface area contributed by atoms with E-state index in [9.17, 15) is 13.2 Å². The van der Waals surface area contributed by atoms with Crippen molar-refractivity contribution in [1.82, 2.24) is 20.1 Å². The molecule has 1 aliphatic heterocycles. The largest absolute Gasteiger partial charge is 0.360 e. The average Bonchev–Trinajstić information content (AvgIpc) is 3.49. The number of nitrogens with one attached hydrogen (secondary N) is 2. The highest BCUT2D eigenvalue weighted by Gasteiger charge is 2.33. The van der Waals surface area contributed by atoms with E-state index in [0.29, 0.717) is 49.5 Å². The third-order valence-electron chi connectivity index (χ3n) is 7.03. The van der Waals surface area contributed by atoms with Gasteiger partial charge >= 0.3 is 0 Å². The molecule has 2 N–H and O–H groups in total. The minimum atomic E-state index is -3.26. The molecule has 2 saturated carbocycles. The van der Waals surface area contributed by atoms with Gasteiger partial charge in [-0.15, -0.1) is 0 Å². The molecule has 2 heterocycles. The van der Waals surface area contributed by atoms with E-state index in [-0.39, 0.29) is 23.6 Å². The van der Waals surface area contributed by atoms with Crippen LogP contribution in [0.1, 0.15) is 87.4 Å². The van der Waals surface area contributed by atoms with Gasteiger partial charge in [-0.05, 0) is 69.7 Å². The number of hydrogen-bond acceptors (Lipinski definition) is 6. The fourth-order valence-electron chi connectivity index (χ4n) is 4.83. The molecule has 9 heteroatoms. The predicted octanol–water partition coefficient (Wildman–Crippen LogP) is 2.88. The van der Waals surface area contributed by atoms with Crippen LogP contribution in [0.25, 0.3) is 0 Å². The van der Waals surface area contributed by atoms with Crippen molar-refractivity contribution >= 4 is 15.9 Å². The second-order valence-electron chi connectivity index (χ2n) is 10.3. The summed E-state index contributed by atoms with van der Waals surface area (Å²) in [6.45, 7) is 6.37. The number of rotatable bonds is 9. The normalized spacial score (nSPS) is 25.8. The van der Waals surface area contributed by atoms with E-state index in [2.05, 4.69) is 29.6 Å². The highest BCUT2D eigenvalue weighted by molar-refractivity contribution is 7.89. The number of hydrogen-bond donors (Lipinski definition) is 2. The molecule has 4 rings (SSSR count). The third kappa shape index (κ3) is 6.32. The molecule has 0 spiro atoms. The first-order chi connectivity index (χ1) is 15.3. The molecule has 0 bridgehead atoms. The lowest BCUT2D eigenvalue weighted by atomic mass is 9.87. The van der Waals surface area contributed by atoms with Crippen LogP contribution in [-0.4, -0.2) is 61.3 Å². The number of amides is 1. The molecule has 32 heavy (non-hydrogen) atoms. The van der Waals surface area contributed by atoms with Crippen LogP contribution in [0.15, 0.2) is 10.6 Å². The number of carbonyl (C=O) groups is 1. The zero-order chi connectivity index (χ0) is 22.7. The standard InChI is InChI=1S/C23H38N4O4S/c1-16(2)14-24-19-7-3-17(4-8-19)15-32(29,30)27-11-9-20(10-12-27)25-23(28)21-13-22(31-26-21)18-5-6-18/h13,16-20,24H,3-12,14-15H2,1-2H3,(H,25,28). The molecule has 8 nitrogen and oxygen atoms in total. The Morgan fingerprint density at radius 1 is 1.09 bits per heavy atom. The Balaban J connectivity index is 1.19. The van der Waals surface area contributed by atoms with Gasteiger partial charge < -0.3 is 15.2 Å². The van der Waals surface area contributed by atoms with Gasteiger partial charge in [0.1, 0.15) is 5.76 Å². The van der Waals surface area contributed by atoms with Crippen molar-refractivity contribution in [1.29, 1.82) is 0 Å². The number of piperidine rings is 1. The van der Waals surface area contributed by atoms with Gasteiger partial charge in [-0.2, -0.15) is 0 Å². The fourth-order valence-corrected chi connectivity index (χ4v) is 6.74. The first-order valence-electron chi connectivity index (χ1n) is 12.3. The molecule has 1 aromatic rings. The lowest BCUT2D eigenvalue weighted by Gasteiger charge is -2.34. The summed E-state index contributed by atoms with van der Waals surface area (Å²) in [4.78, 5) is 12.5. The summed E-state index contributed by atoms with van der Waals surface area (Å²) in [7, 11) is -3.26. The van der Waals surface area contributed by atoms with Crippen molar-refractivity contribution in [2.75, 3.05) is 25.4 Å². The molecule has 1 saturated heterocycles. The van der Waals surface area contributed by atoms with E-state index in [0.717, 1.165) is 50.8 Å². The molecule has 2 aliphatic carbocycles. The minimum absolute atomic E-state index is 0.0301. The molecule has 0 aromatic carbocycles. The van der Waals surface area contributed by atoms with E-state index in [1.54, 1.807) is 10.4 Å². The van der Waals surface area contributed by atoms with Crippen molar-refractivity contribution in [3.63, 3.8) is 0 Å². The molecular formula is C23H38N4O4S. The Kier molecular flexibility index (Phi) is 7.57. The van der Waals surface area contributed by atoms with Gasteiger partial charge in [0.05, 0.1) is 5.75 Å². The van der Waals surface area contributed by atoms with Crippen LogP contribution in [0.4, 0.5) is 0 Å². The summed E-state index contributed by atoms with van der Waals surface area (Å²) in [5, 5.41) is 10.5. The van der Waals surface area contributed by atoms with E-state index in [4.69, 9.17) is 4.52 Å². The Bertz CT molecular complexity index is 864. The quantitative estimate of drug-likeness (QED) is 0.580. The van der Waals surface area contributed by atoms with Gasteiger partial charge in [0.2, 0.25) is 10.0 Å². The lowest BCUT2D eigenvalue weighted by molar-refractivity contribution is 0.0914. The maximum absolute atomic E-state index is 13.0. The highest BCUT2D eigenvalue weighted by Crippen LogP contribution is 2.40. The maximum atomic E-state index is 13.0. The summed E-state index contributed by atoms with van der Waals surface area (Å²) in [5.74, 6) is 2.12. The zero-order valence-electron chi connectivity index (χ0n) is 19.4. The SMILES string of the molecule is CC(C)CNC1CCC(CS(=O)(=O)N2CCC(NC(=O)c3cc(C4CC4)on3)CC2)CC1. The van der Waals surface area contributed by atoms with E-state index in [1.807, 2.05) is 0 Å². The topological polar surface area (TPSA) is 105 Å². The first kappa shape index (κ1) is 23.7. The summed E-state index contributed by atoms with van der Waals surface area (Å²) in [6, 6.07) is 2.23. The highest BCUT2D eigenvalue weighted by atomic mass is 32.2. The molecule has 3 aliphatic rings. The van der Waals surface area contributed by atoms with Gasteiger partial charge in [-0.1, -0.05) is 19.0 Å². The predicted molar refractivity (Wildman–Crippen MR) is 123 cm³/mol. The number of sulfonamides is 1. The monoisotopic (exact) mass is 466 g/mol. The fraction of sp³-hybridized carbons (Fsp3) is 0.826.